The molecule has 0 radical (unpaired) electrons. The fraction of sp³-hybridized carbons (Fsp3) is 0.538. The Morgan fingerprint density at radius 2 is 2.31 bits per heavy atom. The molecule has 2 rings (SSSR count). The molecule has 1 aliphatic carbocycles. The number of benzene rings is 1. The monoisotopic (exact) mass is 221 g/mol. The maximum absolute atomic E-state index is 10.3. The molecule has 16 heavy (non-hydrogen) atoms. The number of hydrogen-bond donors (Lipinski definition) is 2. The summed E-state index contributed by atoms with van der Waals surface area (Å²) in [4.78, 5) is 0. The van der Waals surface area contributed by atoms with Gasteiger partial charge in [0.15, 0.2) is 0 Å². The normalized spacial score (nSPS) is 24.7. The Hall–Kier alpha value is -1.06. The summed E-state index contributed by atoms with van der Waals surface area (Å²) in [5.41, 5.74) is 7.30. The molecule has 0 amide bonds. The molecular formula is C13H19NO2. The van der Waals surface area contributed by atoms with Gasteiger partial charge < -0.3 is 15.6 Å². The molecule has 3 heteroatoms. The average Bonchev–Trinajstić information content (AvgIpc) is 2.47. The second-order valence-corrected chi connectivity index (χ2v) is 4.56. The van der Waals surface area contributed by atoms with Crippen molar-refractivity contribution in [3.63, 3.8) is 0 Å². The Bertz CT molecular complexity index is 378. The molecule has 0 spiro atoms. The third-order valence-corrected chi connectivity index (χ3v) is 3.42. The van der Waals surface area contributed by atoms with Gasteiger partial charge in [0.1, 0.15) is 5.75 Å². The van der Waals surface area contributed by atoms with Gasteiger partial charge in [-0.3, -0.25) is 0 Å². The number of rotatable bonds is 2. The average molecular weight is 221 g/mol. The summed E-state index contributed by atoms with van der Waals surface area (Å²) in [7, 11) is 1.67. The number of aliphatic hydroxyl groups is 1. The highest BCUT2D eigenvalue weighted by atomic mass is 16.5. The van der Waals surface area contributed by atoms with Crippen molar-refractivity contribution in [3.8, 4) is 5.75 Å². The maximum atomic E-state index is 10.3. The first-order valence-electron chi connectivity index (χ1n) is 5.76. The van der Waals surface area contributed by atoms with Crippen molar-refractivity contribution in [1.29, 1.82) is 0 Å². The van der Waals surface area contributed by atoms with Crippen molar-refractivity contribution in [2.75, 3.05) is 13.7 Å². The van der Waals surface area contributed by atoms with Gasteiger partial charge in [-0.1, -0.05) is 12.1 Å². The van der Waals surface area contributed by atoms with Gasteiger partial charge >= 0.3 is 0 Å². The quantitative estimate of drug-likeness (QED) is 0.739. The number of fused-ring (bicyclic) bond motifs is 1. The van der Waals surface area contributed by atoms with Gasteiger partial charge in [0.25, 0.3) is 0 Å². The molecule has 0 aromatic heterocycles. The largest absolute Gasteiger partial charge is 0.496 e. The molecule has 1 aliphatic rings. The molecule has 1 atom stereocenters. The van der Waals surface area contributed by atoms with Crippen LogP contribution in [0, 0.1) is 0 Å². The number of aryl methyl sites for hydroxylation is 1. The standard InChI is InChI=1S/C13H19NO2/c1-16-12-6-2-4-10-5-3-7-13(15,9-14)8-11(10)12/h2,4,6,15H,3,5,7-9,14H2,1H3. The highest BCUT2D eigenvalue weighted by Crippen LogP contribution is 2.32. The molecule has 0 fully saturated rings. The van der Waals surface area contributed by atoms with Crippen LogP contribution < -0.4 is 10.5 Å². The van der Waals surface area contributed by atoms with Crippen LogP contribution in [0.3, 0.4) is 0 Å². The first-order valence-corrected chi connectivity index (χ1v) is 5.76. The molecule has 0 heterocycles. The lowest BCUT2D eigenvalue weighted by atomic mass is 9.91. The van der Waals surface area contributed by atoms with Gasteiger partial charge in [-0.2, -0.15) is 0 Å². The predicted molar refractivity (Wildman–Crippen MR) is 63.6 cm³/mol. The third kappa shape index (κ3) is 2.06. The first kappa shape index (κ1) is 11.4. The fourth-order valence-electron chi connectivity index (χ4n) is 2.44. The van der Waals surface area contributed by atoms with Crippen LogP contribution in [0.15, 0.2) is 18.2 Å². The Morgan fingerprint density at radius 3 is 3.00 bits per heavy atom. The van der Waals surface area contributed by atoms with E-state index in [0.717, 1.165) is 30.6 Å². The summed E-state index contributed by atoms with van der Waals surface area (Å²) in [6, 6.07) is 6.06. The zero-order chi connectivity index (χ0) is 11.6. The summed E-state index contributed by atoms with van der Waals surface area (Å²) >= 11 is 0. The summed E-state index contributed by atoms with van der Waals surface area (Å²) in [6.07, 6.45) is 3.34. The second-order valence-electron chi connectivity index (χ2n) is 4.56. The Balaban J connectivity index is 2.41. The van der Waals surface area contributed by atoms with Gasteiger partial charge in [-0.15, -0.1) is 0 Å². The van der Waals surface area contributed by atoms with Crippen molar-refractivity contribution in [1.82, 2.24) is 0 Å². The van der Waals surface area contributed by atoms with Crippen molar-refractivity contribution >= 4 is 0 Å². The number of nitrogens with two attached hydrogens (primary N) is 1. The fourth-order valence-corrected chi connectivity index (χ4v) is 2.44. The van der Waals surface area contributed by atoms with E-state index in [1.165, 1.54) is 5.56 Å². The zero-order valence-electron chi connectivity index (χ0n) is 9.70. The van der Waals surface area contributed by atoms with Gasteiger partial charge in [0, 0.05) is 18.5 Å². The number of hydrogen-bond acceptors (Lipinski definition) is 3. The minimum atomic E-state index is -0.764. The van der Waals surface area contributed by atoms with Crippen LogP contribution in [-0.2, 0) is 12.8 Å². The summed E-state index contributed by atoms with van der Waals surface area (Å²) < 4.78 is 5.35. The van der Waals surface area contributed by atoms with E-state index in [-0.39, 0.29) is 0 Å². The van der Waals surface area contributed by atoms with Crippen LogP contribution in [0.1, 0.15) is 24.0 Å². The lowest BCUT2D eigenvalue weighted by molar-refractivity contribution is 0.0407. The molecule has 0 bridgehead atoms. The molecule has 0 saturated carbocycles. The lowest BCUT2D eigenvalue weighted by Crippen LogP contribution is -2.39. The van der Waals surface area contributed by atoms with Gasteiger partial charge in [-0.05, 0) is 30.9 Å². The first-order chi connectivity index (χ1) is 7.68. The predicted octanol–water partition coefficient (Wildman–Crippen LogP) is 1.26. The Morgan fingerprint density at radius 1 is 1.50 bits per heavy atom. The second kappa shape index (κ2) is 4.44. The van der Waals surface area contributed by atoms with Gasteiger partial charge in [0.2, 0.25) is 0 Å². The zero-order valence-corrected chi connectivity index (χ0v) is 9.70. The highest BCUT2D eigenvalue weighted by Gasteiger charge is 2.30. The Labute approximate surface area is 96.2 Å². The minimum absolute atomic E-state index is 0.310. The molecular weight excluding hydrogens is 202 g/mol. The van der Waals surface area contributed by atoms with Crippen LogP contribution in [-0.4, -0.2) is 24.4 Å². The van der Waals surface area contributed by atoms with E-state index in [4.69, 9.17) is 10.5 Å². The number of ether oxygens (including phenoxy) is 1. The van der Waals surface area contributed by atoms with Crippen molar-refractivity contribution in [3.05, 3.63) is 29.3 Å². The van der Waals surface area contributed by atoms with Crippen LogP contribution >= 0.6 is 0 Å². The van der Waals surface area contributed by atoms with E-state index >= 15 is 0 Å². The lowest BCUT2D eigenvalue weighted by Gasteiger charge is -2.25. The van der Waals surface area contributed by atoms with Crippen molar-refractivity contribution < 1.29 is 9.84 Å². The van der Waals surface area contributed by atoms with E-state index in [9.17, 15) is 5.11 Å². The maximum Gasteiger partial charge on any atom is 0.122 e. The molecule has 0 aliphatic heterocycles. The molecule has 3 nitrogen and oxygen atoms in total. The van der Waals surface area contributed by atoms with Gasteiger partial charge in [0.05, 0.1) is 12.7 Å². The molecule has 1 unspecified atom stereocenters. The molecule has 1 aromatic rings. The summed E-state index contributed by atoms with van der Waals surface area (Å²) in [5.74, 6) is 0.867. The molecule has 88 valence electrons. The minimum Gasteiger partial charge on any atom is -0.496 e. The molecule has 1 aromatic carbocycles. The van der Waals surface area contributed by atoms with Crippen molar-refractivity contribution in [2.45, 2.75) is 31.3 Å². The van der Waals surface area contributed by atoms with Crippen LogP contribution in [0.25, 0.3) is 0 Å². The van der Waals surface area contributed by atoms with Crippen LogP contribution in [0.4, 0.5) is 0 Å². The van der Waals surface area contributed by atoms with E-state index in [1.54, 1.807) is 7.11 Å². The third-order valence-electron chi connectivity index (χ3n) is 3.42. The highest BCUT2D eigenvalue weighted by molar-refractivity contribution is 5.42. The van der Waals surface area contributed by atoms with E-state index in [2.05, 4.69) is 6.07 Å². The smallest absolute Gasteiger partial charge is 0.122 e. The summed E-state index contributed by atoms with van der Waals surface area (Å²) in [6.45, 7) is 0.310. The van der Waals surface area contributed by atoms with Crippen LogP contribution in [0.2, 0.25) is 0 Å². The Kier molecular flexibility index (Phi) is 3.17. The molecule has 0 saturated heterocycles. The van der Waals surface area contributed by atoms with Crippen LogP contribution in [0.5, 0.6) is 5.75 Å². The summed E-state index contributed by atoms with van der Waals surface area (Å²) in [5, 5.41) is 10.3. The van der Waals surface area contributed by atoms with E-state index < -0.39 is 5.60 Å². The number of methoxy groups -OCH3 is 1. The van der Waals surface area contributed by atoms with E-state index in [1.807, 2.05) is 12.1 Å². The SMILES string of the molecule is COc1cccc2c1CC(O)(CN)CCC2. The van der Waals surface area contributed by atoms with Crippen molar-refractivity contribution in [2.24, 2.45) is 5.73 Å². The van der Waals surface area contributed by atoms with Gasteiger partial charge in [-0.25, -0.2) is 0 Å². The topological polar surface area (TPSA) is 55.5 Å². The van der Waals surface area contributed by atoms with E-state index in [0.29, 0.717) is 13.0 Å². The molecule has 3 N–H and O–H groups in total.